The van der Waals surface area contributed by atoms with Crippen LogP contribution in [0.25, 0.3) is 10.9 Å². The number of carbonyl (C=O) groups excluding carboxylic acids is 1. The van der Waals surface area contributed by atoms with E-state index in [4.69, 9.17) is 39.9 Å². The average molecular weight is 426 g/mol. The Morgan fingerprint density at radius 3 is 2.59 bits per heavy atom. The summed E-state index contributed by atoms with van der Waals surface area (Å²) in [6.45, 7) is 0. The summed E-state index contributed by atoms with van der Waals surface area (Å²) in [5.41, 5.74) is 2.43. The van der Waals surface area contributed by atoms with E-state index in [1.807, 2.05) is 0 Å². The van der Waals surface area contributed by atoms with E-state index in [2.05, 4.69) is 10.3 Å². The molecule has 0 radical (unpaired) electrons. The van der Waals surface area contributed by atoms with Gasteiger partial charge in [0.15, 0.2) is 0 Å². The van der Waals surface area contributed by atoms with Crippen molar-refractivity contribution in [3.8, 4) is 0 Å². The first kappa shape index (κ1) is 19.5. The van der Waals surface area contributed by atoms with Crippen LogP contribution in [0.4, 0.5) is 5.69 Å². The molecule has 3 N–H and O–H groups in total. The van der Waals surface area contributed by atoms with Gasteiger partial charge in [-0.05, 0) is 36.2 Å². The van der Waals surface area contributed by atoms with Crippen molar-refractivity contribution < 1.29 is 14.7 Å². The molecule has 3 aromatic rings. The SMILES string of the molecule is O=C(O)Cc1[nH]c2c(Cl)c(Cl)ccc2c1CCC(=O)Nc1cccc(Cl)c1. The molecule has 140 valence electrons. The van der Waals surface area contributed by atoms with Crippen molar-refractivity contribution in [2.24, 2.45) is 0 Å². The summed E-state index contributed by atoms with van der Waals surface area (Å²) in [4.78, 5) is 26.5. The number of aryl methyl sites for hydroxylation is 1. The standard InChI is InChI=1S/C19H15Cl3N2O3/c20-10-2-1-3-11(8-10)23-16(25)7-5-12-13-4-6-14(21)18(22)19(13)24-15(12)9-17(26)27/h1-4,6,8,24H,5,7,9H2,(H,23,25)(H,26,27). The number of aliphatic carboxylic acids is 1. The Bertz CT molecular complexity index is 1030. The van der Waals surface area contributed by atoms with Crippen molar-refractivity contribution in [2.45, 2.75) is 19.3 Å². The molecule has 3 rings (SSSR count). The highest BCUT2D eigenvalue weighted by Gasteiger charge is 2.18. The molecular formula is C19H15Cl3N2O3. The minimum absolute atomic E-state index is 0.173. The topological polar surface area (TPSA) is 82.2 Å². The van der Waals surface area contributed by atoms with Crippen LogP contribution in [0.3, 0.4) is 0 Å². The number of benzene rings is 2. The van der Waals surface area contributed by atoms with E-state index in [9.17, 15) is 9.59 Å². The molecule has 2 aromatic carbocycles. The fourth-order valence-electron chi connectivity index (χ4n) is 2.93. The van der Waals surface area contributed by atoms with Crippen molar-refractivity contribution >= 4 is 63.3 Å². The van der Waals surface area contributed by atoms with E-state index in [0.717, 1.165) is 10.9 Å². The summed E-state index contributed by atoms with van der Waals surface area (Å²) >= 11 is 18.2. The lowest BCUT2D eigenvalue weighted by atomic mass is 10.0. The molecule has 27 heavy (non-hydrogen) atoms. The number of fused-ring (bicyclic) bond motifs is 1. The summed E-state index contributed by atoms with van der Waals surface area (Å²) in [6, 6.07) is 10.3. The fraction of sp³-hybridized carbons (Fsp3) is 0.158. The Morgan fingerprint density at radius 1 is 1.11 bits per heavy atom. The molecule has 1 aromatic heterocycles. The molecule has 1 amide bonds. The summed E-state index contributed by atoms with van der Waals surface area (Å²) < 4.78 is 0. The van der Waals surface area contributed by atoms with E-state index < -0.39 is 5.97 Å². The number of hydrogen-bond donors (Lipinski definition) is 3. The monoisotopic (exact) mass is 424 g/mol. The zero-order valence-electron chi connectivity index (χ0n) is 14.0. The smallest absolute Gasteiger partial charge is 0.309 e. The van der Waals surface area contributed by atoms with Crippen molar-refractivity contribution in [3.05, 3.63) is 62.7 Å². The molecule has 0 spiro atoms. The van der Waals surface area contributed by atoms with Gasteiger partial charge in [-0.15, -0.1) is 0 Å². The van der Waals surface area contributed by atoms with Crippen LogP contribution in [0, 0.1) is 0 Å². The van der Waals surface area contributed by atoms with Gasteiger partial charge in [0, 0.05) is 28.2 Å². The summed E-state index contributed by atoms with van der Waals surface area (Å²) in [5, 5.41) is 13.9. The highest BCUT2D eigenvalue weighted by molar-refractivity contribution is 6.45. The lowest BCUT2D eigenvalue weighted by Gasteiger charge is -2.07. The van der Waals surface area contributed by atoms with Crippen LogP contribution in [0.2, 0.25) is 15.1 Å². The molecule has 0 bridgehead atoms. The van der Waals surface area contributed by atoms with Gasteiger partial charge in [0.1, 0.15) is 0 Å². The Hall–Kier alpha value is -2.21. The minimum atomic E-state index is -0.978. The van der Waals surface area contributed by atoms with Gasteiger partial charge in [0.2, 0.25) is 5.91 Å². The van der Waals surface area contributed by atoms with Gasteiger partial charge >= 0.3 is 5.97 Å². The zero-order valence-corrected chi connectivity index (χ0v) is 16.3. The molecule has 8 heteroatoms. The Morgan fingerprint density at radius 2 is 1.89 bits per heavy atom. The number of rotatable bonds is 6. The second-order valence-electron chi connectivity index (χ2n) is 6.00. The van der Waals surface area contributed by atoms with Crippen LogP contribution in [0.1, 0.15) is 17.7 Å². The highest BCUT2D eigenvalue weighted by Crippen LogP contribution is 2.34. The van der Waals surface area contributed by atoms with E-state index in [-0.39, 0.29) is 18.7 Å². The molecular weight excluding hydrogens is 411 g/mol. The largest absolute Gasteiger partial charge is 0.481 e. The maximum absolute atomic E-state index is 12.3. The van der Waals surface area contributed by atoms with Crippen LogP contribution in [0.5, 0.6) is 0 Å². The molecule has 0 unspecified atom stereocenters. The van der Waals surface area contributed by atoms with Gasteiger partial charge in [-0.1, -0.05) is 46.9 Å². The minimum Gasteiger partial charge on any atom is -0.481 e. The van der Waals surface area contributed by atoms with E-state index >= 15 is 0 Å². The predicted octanol–water partition coefficient (Wildman–Crippen LogP) is 5.33. The first-order chi connectivity index (χ1) is 12.8. The Kier molecular flexibility index (Phi) is 5.95. The lowest BCUT2D eigenvalue weighted by molar-refractivity contribution is -0.136. The number of amides is 1. The van der Waals surface area contributed by atoms with Gasteiger partial charge in [-0.2, -0.15) is 0 Å². The van der Waals surface area contributed by atoms with E-state index in [1.165, 1.54) is 0 Å². The molecule has 0 aliphatic rings. The molecule has 0 aliphatic carbocycles. The number of anilines is 1. The maximum atomic E-state index is 12.3. The highest BCUT2D eigenvalue weighted by atomic mass is 35.5. The van der Waals surface area contributed by atoms with Crippen molar-refractivity contribution in [1.82, 2.24) is 4.98 Å². The van der Waals surface area contributed by atoms with Crippen molar-refractivity contribution in [1.29, 1.82) is 0 Å². The fourth-order valence-corrected chi connectivity index (χ4v) is 3.49. The third-order valence-corrected chi connectivity index (χ3v) is 5.14. The van der Waals surface area contributed by atoms with Gasteiger partial charge in [-0.3, -0.25) is 9.59 Å². The first-order valence-electron chi connectivity index (χ1n) is 8.10. The van der Waals surface area contributed by atoms with Crippen molar-refractivity contribution in [2.75, 3.05) is 5.32 Å². The maximum Gasteiger partial charge on any atom is 0.309 e. The van der Waals surface area contributed by atoms with Gasteiger partial charge in [0.25, 0.3) is 0 Å². The number of H-pyrrole nitrogens is 1. The normalized spacial score (nSPS) is 10.9. The molecule has 0 atom stereocenters. The number of aromatic nitrogens is 1. The second kappa shape index (κ2) is 8.21. The van der Waals surface area contributed by atoms with Crippen LogP contribution in [0.15, 0.2) is 36.4 Å². The Balaban J connectivity index is 1.83. The molecule has 5 nitrogen and oxygen atoms in total. The average Bonchev–Trinajstić information content (AvgIpc) is 2.93. The number of carboxylic acid groups (broad SMARTS) is 1. The molecule has 0 saturated carbocycles. The molecule has 0 saturated heterocycles. The third-order valence-electron chi connectivity index (χ3n) is 4.10. The first-order valence-corrected chi connectivity index (χ1v) is 9.23. The Labute approximate surface area is 170 Å². The summed E-state index contributed by atoms with van der Waals surface area (Å²) in [6.07, 6.45) is 0.327. The van der Waals surface area contributed by atoms with Crippen LogP contribution < -0.4 is 5.32 Å². The van der Waals surface area contributed by atoms with Crippen molar-refractivity contribution in [3.63, 3.8) is 0 Å². The summed E-state index contributed by atoms with van der Waals surface area (Å²) in [5.74, 6) is -1.18. The predicted molar refractivity (Wildman–Crippen MR) is 108 cm³/mol. The molecule has 0 aliphatic heterocycles. The lowest BCUT2D eigenvalue weighted by Crippen LogP contribution is -2.13. The number of carboxylic acids is 1. The number of hydrogen-bond acceptors (Lipinski definition) is 2. The van der Waals surface area contributed by atoms with Crippen LogP contribution in [-0.2, 0) is 22.4 Å². The third kappa shape index (κ3) is 4.56. The number of aromatic amines is 1. The van der Waals surface area contributed by atoms with E-state index in [0.29, 0.717) is 38.4 Å². The van der Waals surface area contributed by atoms with Crippen LogP contribution in [-0.4, -0.2) is 22.0 Å². The quantitative estimate of drug-likeness (QED) is 0.499. The van der Waals surface area contributed by atoms with E-state index in [1.54, 1.807) is 36.4 Å². The number of carbonyl (C=O) groups is 2. The summed E-state index contributed by atoms with van der Waals surface area (Å²) in [7, 11) is 0. The van der Waals surface area contributed by atoms with Gasteiger partial charge in [0.05, 0.1) is 22.0 Å². The number of nitrogens with one attached hydrogen (secondary N) is 2. The number of halogens is 3. The van der Waals surface area contributed by atoms with Crippen LogP contribution >= 0.6 is 34.8 Å². The van der Waals surface area contributed by atoms with Gasteiger partial charge in [-0.25, -0.2) is 0 Å². The zero-order chi connectivity index (χ0) is 19.6. The molecule has 0 fully saturated rings. The molecule has 1 heterocycles. The second-order valence-corrected chi connectivity index (χ2v) is 7.22. The van der Waals surface area contributed by atoms with Gasteiger partial charge < -0.3 is 15.4 Å².